The normalized spacial score (nSPS) is 25.6. The summed E-state index contributed by atoms with van der Waals surface area (Å²) in [6, 6.07) is 0.693. The first kappa shape index (κ1) is 10.8. The highest BCUT2D eigenvalue weighted by Gasteiger charge is 2.29. The molecule has 2 fully saturated rings. The van der Waals surface area contributed by atoms with E-state index in [1.54, 1.807) is 12.4 Å². The predicted molar refractivity (Wildman–Crippen MR) is 67.9 cm³/mol. The van der Waals surface area contributed by atoms with Gasteiger partial charge >= 0.3 is 0 Å². The summed E-state index contributed by atoms with van der Waals surface area (Å²) < 4.78 is 0. The molecule has 0 amide bonds. The van der Waals surface area contributed by atoms with Gasteiger partial charge in [-0.05, 0) is 19.4 Å². The summed E-state index contributed by atoms with van der Waals surface area (Å²) in [4.78, 5) is 13.5. The monoisotopic (exact) mass is 233 g/mol. The van der Waals surface area contributed by atoms with E-state index >= 15 is 0 Å². The zero-order valence-corrected chi connectivity index (χ0v) is 10.0. The molecule has 92 valence electrons. The summed E-state index contributed by atoms with van der Waals surface area (Å²) in [6.07, 6.45) is 7.41. The quantitative estimate of drug-likeness (QED) is 0.775. The van der Waals surface area contributed by atoms with Crippen LogP contribution in [0.15, 0.2) is 12.4 Å². The Morgan fingerprint density at radius 2 is 1.94 bits per heavy atom. The number of anilines is 2. The highest BCUT2D eigenvalue weighted by Crippen LogP contribution is 2.22. The van der Waals surface area contributed by atoms with Crippen LogP contribution in [0.25, 0.3) is 0 Å². The first-order chi connectivity index (χ1) is 8.33. The number of hydrogen-bond acceptors (Lipinski definition) is 5. The van der Waals surface area contributed by atoms with Crippen molar-refractivity contribution >= 4 is 11.6 Å². The molecule has 1 aromatic rings. The number of piperazine rings is 1. The molecule has 1 aromatic heterocycles. The number of nitrogen functional groups attached to an aromatic ring is 1. The molecule has 0 bridgehead atoms. The molecule has 5 nitrogen and oxygen atoms in total. The molecule has 1 unspecified atom stereocenters. The highest BCUT2D eigenvalue weighted by atomic mass is 15.3. The molecule has 17 heavy (non-hydrogen) atoms. The largest absolute Gasteiger partial charge is 0.396 e. The molecule has 0 spiro atoms. The van der Waals surface area contributed by atoms with Gasteiger partial charge in [0.25, 0.3) is 0 Å². The average molecular weight is 233 g/mol. The maximum Gasteiger partial charge on any atom is 0.225 e. The topological polar surface area (TPSA) is 58.3 Å². The molecular formula is C12H19N5. The van der Waals surface area contributed by atoms with Crippen molar-refractivity contribution in [2.24, 2.45) is 0 Å². The third kappa shape index (κ3) is 2.20. The summed E-state index contributed by atoms with van der Waals surface area (Å²) >= 11 is 0. The smallest absolute Gasteiger partial charge is 0.225 e. The lowest BCUT2D eigenvalue weighted by Crippen LogP contribution is -2.55. The number of aromatic nitrogens is 2. The first-order valence-electron chi connectivity index (χ1n) is 6.39. The van der Waals surface area contributed by atoms with Crippen molar-refractivity contribution < 1.29 is 0 Å². The fourth-order valence-electron chi connectivity index (χ4n) is 2.83. The van der Waals surface area contributed by atoms with Gasteiger partial charge in [-0.25, -0.2) is 9.97 Å². The van der Waals surface area contributed by atoms with Gasteiger partial charge < -0.3 is 10.6 Å². The number of nitrogens with zero attached hydrogens (tertiary/aromatic N) is 4. The molecular weight excluding hydrogens is 214 g/mol. The fourth-order valence-corrected chi connectivity index (χ4v) is 2.83. The predicted octanol–water partition coefficient (Wildman–Crippen LogP) is 0.733. The van der Waals surface area contributed by atoms with Gasteiger partial charge in [-0.15, -0.1) is 0 Å². The Labute approximate surface area is 102 Å². The van der Waals surface area contributed by atoms with E-state index in [1.165, 1.54) is 25.8 Å². The van der Waals surface area contributed by atoms with Crippen LogP contribution in [0.5, 0.6) is 0 Å². The second kappa shape index (κ2) is 4.49. The summed E-state index contributed by atoms with van der Waals surface area (Å²) in [5.74, 6) is 0.824. The Bertz CT molecular complexity index is 377. The summed E-state index contributed by atoms with van der Waals surface area (Å²) in [6.45, 7) is 4.49. The Kier molecular flexibility index (Phi) is 2.84. The van der Waals surface area contributed by atoms with Gasteiger partial charge in [0.15, 0.2) is 0 Å². The van der Waals surface area contributed by atoms with Gasteiger partial charge in [0.2, 0.25) is 5.95 Å². The lowest BCUT2D eigenvalue weighted by atomic mass is 10.00. The van der Waals surface area contributed by atoms with Crippen LogP contribution in [0.1, 0.15) is 19.3 Å². The number of hydrogen-bond donors (Lipinski definition) is 1. The van der Waals surface area contributed by atoms with Crippen molar-refractivity contribution in [3.63, 3.8) is 0 Å². The molecule has 0 aliphatic carbocycles. The second-order valence-electron chi connectivity index (χ2n) is 4.95. The Morgan fingerprint density at radius 1 is 1.12 bits per heavy atom. The maximum absolute atomic E-state index is 5.61. The molecule has 1 atom stereocenters. The minimum Gasteiger partial charge on any atom is -0.396 e. The number of fused-ring (bicyclic) bond motifs is 1. The van der Waals surface area contributed by atoms with Crippen molar-refractivity contribution in [1.82, 2.24) is 14.9 Å². The average Bonchev–Trinajstić information content (AvgIpc) is 2.39. The first-order valence-corrected chi connectivity index (χ1v) is 6.39. The van der Waals surface area contributed by atoms with Gasteiger partial charge in [0.1, 0.15) is 0 Å². The Morgan fingerprint density at radius 3 is 2.76 bits per heavy atom. The van der Waals surface area contributed by atoms with E-state index in [0.29, 0.717) is 11.7 Å². The molecule has 2 N–H and O–H groups in total. The summed E-state index contributed by atoms with van der Waals surface area (Å²) in [5.41, 5.74) is 6.24. The van der Waals surface area contributed by atoms with E-state index in [9.17, 15) is 0 Å². The van der Waals surface area contributed by atoms with E-state index in [1.807, 2.05) is 0 Å². The number of rotatable bonds is 1. The fraction of sp³-hybridized carbons (Fsp3) is 0.667. The molecule has 0 aromatic carbocycles. The molecule has 5 heteroatoms. The van der Waals surface area contributed by atoms with E-state index in [-0.39, 0.29) is 0 Å². The van der Waals surface area contributed by atoms with Crippen molar-refractivity contribution in [1.29, 1.82) is 0 Å². The van der Waals surface area contributed by atoms with E-state index in [0.717, 1.165) is 25.6 Å². The van der Waals surface area contributed by atoms with Crippen molar-refractivity contribution in [3.8, 4) is 0 Å². The van der Waals surface area contributed by atoms with Crippen LogP contribution in [0, 0.1) is 0 Å². The highest BCUT2D eigenvalue weighted by molar-refractivity contribution is 5.38. The zero-order chi connectivity index (χ0) is 11.7. The van der Waals surface area contributed by atoms with Gasteiger partial charge in [0.05, 0.1) is 18.1 Å². The Hall–Kier alpha value is -1.36. The van der Waals surface area contributed by atoms with E-state index in [4.69, 9.17) is 5.73 Å². The minimum atomic E-state index is 0.630. The minimum absolute atomic E-state index is 0.630. The molecule has 3 heterocycles. The van der Waals surface area contributed by atoms with Crippen LogP contribution in [-0.4, -0.2) is 47.1 Å². The van der Waals surface area contributed by atoms with Crippen LogP contribution in [0.3, 0.4) is 0 Å². The molecule has 0 saturated carbocycles. The Balaban J connectivity index is 1.71. The van der Waals surface area contributed by atoms with Gasteiger partial charge in [-0.2, -0.15) is 0 Å². The molecule has 2 saturated heterocycles. The zero-order valence-electron chi connectivity index (χ0n) is 10.0. The van der Waals surface area contributed by atoms with E-state index in [2.05, 4.69) is 19.8 Å². The molecule has 2 aliphatic heterocycles. The number of piperidine rings is 1. The molecule has 2 aliphatic rings. The van der Waals surface area contributed by atoms with Crippen molar-refractivity contribution in [2.45, 2.75) is 25.3 Å². The lowest BCUT2D eigenvalue weighted by molar-refractivity contribution is 0.133. The van der Waals surface area contributed by atoms with Crippen LogP contribution >= 0.6 is 0 Å². The summed E-state index contributed by atoms with van der Waals surface area (Å²) in [5, 5.41) is 0. The van der Waals surface area contributed by atoms with Crippen LogP contribution in [0.4, 0.5) is 11.6 Å². The third-order valence-electron chi connectivity index (χ3n) is 3.78. The standard InChI is InChI=1S/C12H19N5/c13-10-7-14-12(15-8-10)17-6-5-16-4-2-1-3-11(16)9-17/h7-8,11H,1-6,9,13H2. The third-order valence-corrected chi connectivity index (χ3v) is 3.78. The van der Waals surface area contributed by atoms with Gasteiger partial charge in [0, 0.05) is 25.7 Å². The van der Waals surface area contributed by atoms with Crippen LogP contribution in [-0.2, 0) is 0 Å². The second-order valence-corrected chi connectivity index (χ2v) is 4.95. The summed E-state index contributed by atoms with van der Waals surface area (Å²) in [7, 11) is 0. The van der Waals surface area contributed by atoms with Gasteiger partial charge in [-0.3, -0.25) is 4.90 Å². The molecule has 0 radical (unpaired) electrons. The number of nitrogens with two attached hydrogens (primary N) is 1. The lowest BCUT2D eigenvalue weighted by Gasteiger charge is -2.43. The van der Waals surface area contributed by atoms with E-state index < -0.39 is 0 Å². The van der Waals surface area contributed by atoms with Crippen molar-refractivity contribution in [2.75, 3.05) is 36.8 Å². The molecule has 3 rings (SSSR count). The van der Waals surface area contributed by atoms with Crippen LogP contribution < -0.4 is 10.6 Å². The SMILES string of the molecule is Nc1cnc(N2CCN3CCCCC3C2)nc1. The van der Waals surface area contributed by atoms with Crippen molar-refractivity contribution in [3.05, 3.63) is 12.4 Å². The van der Waals surface area contributed by atoms with Gasteiger partial charge in [-0.1, -0.05) is 6.42 Å². The maximum atomic E-state index is 5.61. The van der Waals surface area contributed by atoms with Crippen LogP contribution in [0.2, 0.25) is 0 Å².